The fourth-order valence-electron chi connectivity index (χ4n) is 1.00. The summed E-state index contributed by atoms with van der Waals surface area (Å²) in [7, 11) is 0. The van der Waals surface area contributed by atoms with E-state index in [1.165, 1.54) is 18.2 Å². The molecule has 1 rings (SSSR count). The Morgan fingerprint density at radius 2 is 1.75 bits per heavy atom. The molecule has 0 radical (unpaired) electrons. The topological polar surface area (TPSA) is 64.2 Å². The van der Waals surface area contributed by atoms with Crippen molar-refractivity contribution in [3.05, 3.63) is 23.8 Å². The van der Waals surface area contributed by atoms with Crippen molar-refractivity contribution in [1.82, 2.24) is 0 Å². The quantitative estimate of drug-likeness (QED) is 0.695. The van der Waals surface area contributed by atoms with Gasteiger partial charge in [-0.25, -0.2) is 0 Å². The smallest absolute Gasteiger partial charge is 0.119 e. The normalized spacial score (nSPS) is 9.25. The Morgan fingerprint density at radius 1 is 1.17 bits per heavy atom. The molecule has 2 N–H and O–H groups in total. The first-order valence-electron chi connectivity index (χ1n) is 3.61. The third-order valence-electron chi connectivity index (χ3n) is 1.49. The highest BCUT2D eigenvalue weighted by Gasteiger charge is 1.97. The van der Waals surface area contributed by atoms with Crippen LogP contribution in [0.15, 0.2) is 18.2 Å². The van der Waals surface area contributed by atoms with E-state index < -0.39 is 0 Å². The molecule has 0 aromatic heterocycles. The second-order valence-electron chi connectivity index (χ2n) is 2.52. The van der Waals surface area contributed by atoms with Crippen molar-refractivity contribution in [2.75, 3.05) is 0 Å². The number of hydrogen-bond donors (Lipinski definition) is 2. The van der Waals surface area contributed by atoms with E-state index in [0.717, 1.165) is 5.56 Å². The zero-order valence-corrected chi connectivity index (χ0v) is 6.49. The third-order valence-corrected chi connectivity index (χ3v) is 1.49. The van der Waals surface area contributed by atoms with Crippen LogP contribution in [0.25, 0.3) is 0 Å². The highest BCUT2D eigenvalue weighted by atomic mass is 16.3. The molecule has 0 bridgehead atoms. The predicted molar refractivity (Wildman–Crippen MR) is 43.7 cm³/mol. The molecule has 0 spiro atoms. The van der Waals surface area contributed by atoms with Crippen LogP contribution in [0, 0.1) is 11.3 Å². The van der Waals surface area contributed by atoms with E-state index in [4.69, 9.17) is 15.5 Å². The highest BCUT2D eigenvalue weighted by molar-refractivity contribution is 5.36. The van der Waals surface area contributed by atoms with Crippen LogP contribution in [-0.2, 0) is 6.42 Å². The molecular weight excluding hydrogens is 154 g/mol. The van der Waals surface area contributed by atoms with Crippen molar-refractivity contribution in [3.8, 4) is 17.6 Å². The highest BCUT2D eigenvalue weighted by Crippen LogP contribution is 2.20. The molecule has 0 aliphatic rings. The molecule has 0 unspecified atom stereocenters. The van der Waals surface area contributed by atoms with Gasteiger partial charge in [0.2, 0.25) is 0 Å². The van der Waals surface area contributed by atoms with E-state index in [0.29, 0.717) is 12.8 Å². The molecule has 0 atom stereocenters. The molecule has 3 heteroatoms. The lowest BCUT2D eigenvalue weighted by Gasteiger charge is -1.99. The summed E-state index contributed by atoms with van der Waals surface area (Å²) in [6.07, 6.45) is 0.946. The Morgan fingerprint density at radius 3 is 2.25 bits per heavy atom. The second kappa shape index (κ2) is 3.63. The molecule has 62 valence electrons. The number of aromatic hydroxyl groups is 2. The Balaban J connectivity index is 2.80. The first-order valence-corrected chi connectivity index (χ1v) is 3.61. The van der Waals surface area contributed by atoms with Crippen molar-refractivity contribution < 1.29 is 10.2 Å². The molecule has 1 aromatic rings. The fourth-order valence-corrected chi connectivity index (χ4v) is 1.00. The van der Waals surface area contributed by atoms with Gasteiger partial charge in [0.1, 0.15) is 11.5 Å². The lowest BCUT2D eigenvalue weighted by Crippen LogP contribution is -1.82. The van der Waals surface area contributed by atoms with Crippen LogP contribution < -0.4 is 0 Å². The SMILES string of the molecule is N#CCCc1cc(O)cc(O)c1. The summed E-state index contributed by atoms with van der Waals surface area (Å²) in [6.45, 7) is 0. The van der Waals surface area contributed by atoms with E-state index in [1.807, 2.05) is 6.07 Å². The van der Waals surface area contributed by atoms with E-state index in [2.05, 4.69) is 0 Å². The van der Waals surface area contributed by atoms with Gasteiger partial charge in [-0.1, -0.05) is 0 Å². The van der Waals surface area contributed by atoms with Gasteiger partial charge >= 0.3 is 0 Å². The zero-order chi connectivity index (χ0) is 8.97. The molecule has 0 aliphatic heterocycles. The first-order chi connectivity index (χ1) is 5.72. The number of nitrogens with zero attached hydrogens (tertiary/aromatic N) is 1. The standard InChI is InChI=1S/C9H9NO2/c10-3-1-2-7-4-8(11)6-9(12)5-7/h4-6,11-12H,1-2H2. The van der Waals surface area contributed by atoms with Gasteiger partial charge in [-0.2, -0.15) is 5.26 Å². The molecule has 0 fully saturated rings. The molecule has 0 amide bonds. The lowest BCUT2D eigenvalue weighted by atomic mass is 10.1. The summed E-state index contributed by atoms with van der Waals surface area (Å²) in [5.41, 5.74) is 0.772. The van der Waals surface area contributed by atoms with Gasteiger partial charge in [0, 0.05) is 12.5 Å². The summed E-state index contributed by atoms with van der Waals surface area (Å²) < 4.78 is 0. The van der Waals surface area contributed by atoms with Gasteiger partial charge in [-0.05, 0) is 24.1 Å². The minimum Gasteiger partial charge on any atom is -0.508 e. The van der Waals surface area contributed by atoms with Gasteiger partial charge in [-0.3, -0.25) is 0 Å². The lowest BCUT2D eigenvalue weighted by molar-refractivity contribution is 0.449. The maximum atomic E-state index is 9.05. The van der Waals surface area contributed by atoms with Gasteiger partial charge in [-0.15, -0.1) is 0 Å². The Kier molecular flexibility index (Phi) is 2.54. The summed E-state index contributed by atoms with van der Waals surface area (Å²) >= 11 is 0. The van der Waals surface area contributed by atoms with Crippen LogP contribution in [-0.4, -0.2) is 10.2 Å². The number of nitriles is 1. The van der Waals surface area contributed by atoms with Crippen LogP contribution in [0.5, 0.6) is 11.5 Å². The van der Waals surface area contributed by atoms with Crippen molar-refractivity contribution >= 4 is 0 Å². The minimum absolute atomic E-state index is 0.0305. The fraction of sp³-hybridized carbons (Fsp3) is 0.222. The molecule has 12 heavy (non-hydrogen) atoms. The van der Waals surface area contributed by atoms with Crippen molar-refractivity contribution in [1.29, 1.82) is 5.26 Å². The summed E-state index contributed by atoms with van der Waals surface area (Å²) in [5.74, 6) is 0.0610. The molecule has 0 aliphatic carbocycles. The van der Waals surface area contributed by atoms with Gasteiger partial charge in [0.15, 0.2) is 0 Å². The minimum atomic E-state index is 0.0305. The van der Waals surface area contributed by atoms with Crippen molar-refractivity contribution in [3.63, 3.8) is 0 Å². The molecule has 1 aromatic carbocycles. The largest absolute Gasteiger partial charge is 0.508 e. The zero-order valence-electron chi connectivity index (χ0n) is 6.49. The van der Waals surface area contributed by atoms with Gasteiger partial charge < -0.3 is 10.2 Å². The maximum Gasteiger partial charge on any atom is 0.119 e. The molecule has 3 nitrogen and oxygen atoms in total. The number of phenols is 2. The molecule has 0 saturated carbocycles. The van der Waals surface area contributed by atoms with E-state index in [1.54, 1.807) is 0 Å². The van der Waals surface area contributed by atoms with Crippen LogP contribution >= 0.6 is 0 Å². The second-order valence-corrected chi connectivity index (χ2v) is 2.52. The van der Waals surface area contributed by atoms with Gasteiger partial charge in [0.05, 0.1) is 6.07 Å². The van der Waals surface area contributed by atoms with Crippen LogP contribution in [0.2, 0.25) is 0 Å². The Labute approximate surface area is 70.5 Å². The number of benzene rings is 1. The number of phenolic OH excluding ortho intramolecular Hbond substituents is 2. The summed E-state index contributed by atoms with van der Waals surface area (Å²) in [6, 6.07) is 6.33. The number of aryl methyl sites for hydroxylation is 1. The summed E-state index contributed by atoms with van der Waals surface area (Å²) in [5, 5.41) is 26.4. The molecule has 0 saturated heterocycles. The van der Waals surface area contributed by atoms with E-state index in [-0.39, 0.29) is 11.5 Å². The van der Waals surface area contributed by atoms with Crippen molar-refractivity contribution in [2.45, 2.75) is 12.8 Å². The van der Waals surface area contributed by atoms with Crippen LogP contribution in [0.1, 0.15) is 12.0 Å². The first kappa shape index (κ1) is 8.41. The average molecular weight is 163 g/mol. The molecule has 0 heterocycles. The Hall–Kier alpha value is -1.69. The number of rotatable bonds is 2. The summed E-state index contributed by atoms with van der Waals surface area (Å²) in [4.78, 5) is 0. The monoisotopic (exact) mass is 163 g/mol. The van der Waals surface area contributed by atoms with Crippen LogP contribution in [0.3, 0.4) is 0 Å². The average Bonchev–Trinajstić information content (AvgIpc) is 1.99. The third kappa shape index (κ3) is 2.17. The number of hydrogen-bond acceptors (Lipinski definition) is 3. The van der Waals surface area contributed by atoms with E-state index in [9.17, 15) is 0 Å². The maximum absolute atomic E-state index is 9.05. The van der Waals surface area contributed by atoms with E-state index >= 15 is 0 Å². The Bertz CT molecular complexity index is 295. The van der Waals surface area contributed by atoms with Crippen LogP contribution in [0.4, 0.5) is 0 Å². The van der Waals surface area contributed by atoms with Crippen molar-refractivity contribution in [2.24, 2.45) is 0 Å². The molecular formula is C9H9NO2. The predicted octanol–water partition coefficient (Wildman–Crippen LogP) is 1.55. The van der Waals surface area contributed by atoms with Gasteiger partial charge in [0.25, 0.3) is 0 Å².